The maximum atomic E-state index is 11.8. The van der Waals surface area contributed by atoms with Crippen LogP contribution in [0.1, 0.15) is 32.6 Å². The summed E-state index contributed by atoms with van der Waals surface area (Å²) in [6.07, 6.45) is 3.24. The molecule has 2 saturated heterocycles. The SMILES string of the molecule is CC1(CC2CCCCS2(=O)=O)NCCO1. The normalized spacial score (nSPS) is 40.5. The van der Waals surface area contributed by atoms with Crippen LogP contribution in [0.15, 0.2) is 0 Å². The van der Waals surface area contributed by atoms with Gasteiger partial charge in [-0.05, 0) is 19.8 Å². The Morgan fingerprint density at radius 3 is 2.87 bits per heavy atom. The summed E-state index contributed by atoms with van der Waals surface area (Å²) in [4.78, 5) is 0. The lowest BCUT2D eigenvalue weighted by atomic mass is 10.0. The quantitative estimate of drug-likeness (QED) is 0.762. The van der Waals surface area contributed by atoms with Gasteiger partial charge in [-0.1, -0.05) is 6.42 Å². The van der Waals surface area contributed by atoms with Gasteiger partial charge in [0.2, 0.25) is 0 Å². The Labute approximate surface area is 91.3 Å². The van der Waals surface area contributed by atoms with Gasteiger partial charge in [-0.2, -0.15) is 0 Å². The molecule has 2 aliphatic heterocycles. The molecule has 0 bridgehead atoms. The smallest absolute Gasteiger partial charge is 0.153 e. The molecule has 0 aromatic rings. The predicted octanol–water partition coefficient (Wildman–Crippen LogP) is 0.680. The van der Waals surface area contributed by atoms with Gasteiger partial charge in [0.25, 0.3) is 0 Å². The first-order chi connectivity index (χ1) is 7.02. The van der Waals surface area contributed by atoms with Crippen LogP contribution in [0.2, 0.25) is 0 Å². The molecular weight excluding hydrogens is 214 g/mol. The first-order valence-electron chi connectivity index (χ1n) is 5.62. The Morgan fingerprint density at radius 1 is 1.47 bits per heavy atom. The molecule has 0 radical (unpaired) electrons. The van der Waals surface area contributed by atoms with Crippen LogP contribution >= 0.6 is 0 Å². The van der Waals surface area contributed by atoms with Crippen LogP contribution in [0.3, 0.4) is 0 Å². The summed E-state index contributed by atoms with van der Waals surface area (Å²) < 4.78 is 29.2. The molecule has 0 aliphatic carbocycles. The van der Waals surface area contributed by atoms with Gasteiger partial charge < -0.3 is 4.74 Å². The van der Waals surface area contributed by atoms with Crippen LogP contribution in [0, 0.1) is 0 Å². The fourth-order valence-corrected chi connectivity index (χ4v) is 4.50. The van der Waals surface area contributed by atoms with Crippen molar-refractivity contribution in [3.05, 3.63) is 0 Å². The average Bonchev–Trinajstić information content (AvgIpc) is 2.56. The van der Waals surface area contributed by atoms with Crippen molar-refractivity contribution in [2.24, 2.45) is 0 Å². The van der Waals surface area contributed by atoms with E-state index in [2.05, 4.69) is 5.32 Å². The maximum absolute atomic E-state index is 11.8. The van der Waals surface area contributed by atoms with E-state index in [1.54, 1.807) is 0 Å². The summed E-state index contributed by atoms with van der Waals surface area (Å²) in [6, 6.07) is 0. The molecule has 0 aromatic carbocycles. The summed E-state index contributed by atoms with van der Waals surface area (Å²) in [6.45, 7) is 3.46. The van der Waals surface area contributed by atoms with Crippen molar-refractivity contribution in [2.45, 2.75) is 43.6 Å². The van der Waals surface area contributed by atoms with E-state index in [-0.39, 0.29) is 5.25 Å². The third-order valence-corrected chi connectivity index (χ3v) is 5.63. The fourth-order valence-electron chi connectivity index (χ4n) is 2.46. The van der Waals surface area contributed by atoms with Crippen molar-refractivity contribution < 1.29 is 13.2 Å². The van der Waals surface area contributed by atoms with E-state index in [0.717, 1.165) is 25.8 Å². The largest absolute Gasteiger partial charge is 0.360 e. The van der Waals surface area contributed by atoms with Gasteiger partial charge in [-0.3, -0.25) is 5.32 Å². The van der Waals surface area contributed by atoms with E-state index in [9.17, 15) is 8.42 Å². The highest BCUT2D eigenvalue weighted by molar-refractivity contribution is 7.92. The van der Waals surface area contributed by atoms with E-state index < -0.39 is 15.6 Å². The monoisotopic (exact) mass is 233 g/mol. The maximum Gasteiger partial charge on any atom is 0.153 e. The van der Waals surface area contributed by atoms with Crippen LogP contribution < -0.4 is 5.32 Å². The number of ether oxygens (including phenoxy) is 1. The van der Waals surface area contributed by atoms with Gasteiger partial charge >= 0.3 is 0 Å². The zero-order chi connectivity index (χ0) is 10.9. The molecule has 5 heteroatoms. The predicted molar refractivity (Wildman–Crippen MR) is 58.4 cm³/mol. The third-order valence-electron chi connectivity index (χ3n) is 3.35. The first kappa shape index (κ1) is 11.4. The van der Waals surface area contributed by atoms with E-state index >= 15 is 0 Å². The van der Waals surface area contributed by atoms with E-state index in [1.807, 2.05) is 6.92 Å². The van der Waals surface area contributed by atoms with Crippen molar-refractivity contribution in [3.8, 4) is 0 Å². The lowest BCUT2D eigenvalue weighted by Gasteiger charge is -2.30. The number of hydrogen-bond donors (Lipinski definition) is 1. The summed E-state index contributed by atoms with van der Waals surface area (Å²) in [7, 11) is -2.87. The third kappa shape index (κ3) is 2.52. The van der Waals surface area contributed by atoms with Crippen LogP contribution in [0.4, 0.5) is 0 Å². The van der Waals surface area contributed by atoms with Crippen molar-refractivity contribution in [1.29, 1.82) is 0 Å². The fraction of sp³-hybridized carbons (Fsp3) is 1.00. The highest BCUT2D eigenvalue weighted by Gasteiger charge is 2.38. The lowest BCUT2D eigenvalue weighted by Crippen LogP contribution is -2.44. The molecule has 15 heavy (non-hydrogen) atoms. The van der Waals surface area contributed by atoms with Gasteiger partial charge in [0.1, 0.15) is 5.72 Å². The molecule has 2 aliphatic rings. The summed E-state index contributed by atoms with van der Waals surface area (Å²) >= 11 is 0. The molecule has 2 unspecified atom stereocenters. The van der Waals surface area contributed by atoms with E-state index in [1.165, 1.54) is 0 Å². The van der Waals surface area contributed by atoms with Gasteiger partial charge in [-0.15, -0.1) is 0 Å². The number of sulfone groups is 1. The van der Waals surface area contributed by atoms with Gasteiger partial charge in [0, 0.05) is 13.0 Å². The molecule has 0 saturated carbocycles. The second-order valence-corrected chi connectivity index (χ2v) is 7.10. The van der Waals surface area contributed by atoms with Crippen molar-refractivity contribution in [2.75, 3.05) is 18.9 Å². The van der Waals surface area contributed by atoms with Crippen molar-refractivity contribution in [1.82, 2.24) is 5.32 Å². The van der Waals surface area contributed by atoms with Gasteiger partial charge in [0.15, 0.2) is 9.84 Å². The Balaban J connectivity index is 2.04. The molecule has 4 nitrogen and oxygen atoms in total. The standard InChI is InChI=1S/C10H19NO3S/c1-10(11-5-6-14-10)8-9-4-2-3-7-15(9,12)13/h9,11H,2-8H2,1H3. The molecule has 0 spiro atoms. The minimum atomic E-state index is -2.87. The molecule has 2 rings (SSSR count). The van der Waals surface area contributed by atoms with Crippen molar-refractivity contribution >= 4 is 9.84 Å². The van der Waals surface area contributed by atoms with Crippen LogP contribution in [0.5, 0.6) is 0 Å². The molecular formula is C10H19NO3S. The summed E-state index contributed by atoms with van der Waals surface area (Å²) in [5, 5.41) is 3.02. The Hall–Kier alpha value is -0.130. The Morgan fingerprint density at radius 2 is 2.27 bits per heavy atom. The van der Waals surface area contributed by atoms with E-state index in [4.69, 9.17) is 4.74 Å². The van der Waals surface area contributed by atoms with E-state index in [0.29, 0.717) is 18.8 Å². The summed E-state index contributed by atoms with van der Waals surface area (Å²) in [5.41, 5.74) is -0.422. The molecule has 1 N–H and O–H groups in total. The van der Waals surface area contributed by atoms with Crippen molar-refractivity contribution in [3.63, 3.8) is 0 Å². The zero-order valence-corrected chi connectivity index (χ0v) is 9.98. The molecule has 88 valence electrons. The number of hydrogen-bond acceptors (Lipinski definition) is 4. The van der Waals surface area contributed by atoms with Gasteiger partial charge in [0.05, 0.1) is 17.6 Å². The number of nitrogens with one attached hydrogen (secondary N) is 1. The molecule has 0 aromatic heterocycles. The Kier molecular flexibility index (Phi) is 3.05. The first-order valence-corrected chi connectivity index (χ1v) is 7.34. The molecule has 2 atom stereocenters. The minimum Gasteiger partial charge on any atom is -0.360 e. The second kappa shape index (κ2) is 4.03. The summed E-state index contributed by atoms with van der Waals surface area (Å²) in [5.74, 6) is 0.355. The van der Waals surface area contributed by atoms with Crippen LogP contribution in [-0.4, -0.2) is 38.3 Å². The number of rotatable bonds is 2. The average molecular weight is 233 g/mol. The molecule has 2 heterocycles. The van der Waals surface area contributed by atoms with Crippen LogP contribution in [-0.2, 0) is 14.6 Å². The lowest BCUT2D eigenvalue weighted by molar-refractivity contribution is -0.00194. The zero-order valence-electron chi connectivity index (χ0n) is 9.16. The topological polar surface area (TPSA) is 55.4 Å². The molecule has 0 amide bonds. The van der Waals surface area contributed by atoms with Crippen LogP contribution in [0.25, 0.3) is 0 Å². The van der Waals surface area contributed by atoms with Gasteiger partial charge in [-0.25, -0.2) is 8.42 Å². The molecule has 2 fully saturated rings. The highest BCUT2D eigenvalue weighted by Crippen LogP contribution is 2.28. The minimum absolute atomic E-state index is 0.207. The second-order valence-electron chi connectivity index (χ2n) is 4.69. The Bertz CT molecular complexity index is 320. The highest BCUT2D eigenvalue weighted by atomic mass is 32.2.